The average molecular weight is 274 g/mol. The Kier molecular flexibility index (Phi) is 3.36. The highest BCUT2D eigenvalue weighted by molar-refractivity contribution is 6.21. The van der Waals surface area contributed by atoms with Crippen LogP contribution in [0.25, 0.3) is 0 Å². The first-order chi connectivity index (χ1) is 9.68. The highest BCUT2D eigenvalue weighted by Crippen LogP contribution is 2.25. The molecule has 2 aliphatic rings. The zero-order chi connectivity index (χ0) is 14.1. The minimum atomic E-state index is -0.412. The lowest BCUT2D eigenvalue weighted by Crippen LogP contribution is -2.32. The maximum Gasteiger partial charge on any atom is 0.261 e. The molecule has 5 heteroatoms. The molecule has 1 N–H and O–H groups in total. The summed E-state index contributed by atoms with van der Waals surface area (Å²) in [6.07, 6.45) is 1.56. The number of fused-ring (bicyclic) bond motifs is 1. The summed E-state index contributed by atoms with van der Waals surface area (Å²) in [7, 11) is 0. The normalized spacial score (nSPS) is 21.1. The van der Waals surface area contributed by atoms with Crippen molar-refractivity contribution in [2.75, 3.05) is 19.6 Å². The van der Waals surface area contributed by atoms with Gasteiger partial charge in [-0.15, -0.1) is 0 Å². The molecule has 0 aromatic heterocycles. The van der Waals surface area contributed by atoms with Gasteiger partial charge in [-0.2, -0.15) is 0 Å². The Morgan fingerprint density at radius 3 is 2.40 bits per heavy atom. The first-order valence-electron chi connectivity index (χ1n) is 6.71. The number of piperidine rings is 1. The van der Waals surface area contributed by atoms with E-state index in [9.17, 15) is 14.0 Å². The lowest BCUT2D eigenvalue weighted by Gasteiger charge is -2.19. The van der Waals surface area contributed by atoms with Gasteiger partial charge in [0.1, 0.15) is 5.83 Å². The summed E-state index contributed by atoms with van der Waals surface area (Å²) in [5.41, 5.74) is 1.38. The van der Waals surface area contributed by atoms with Gasteiger partial charge in [-0.25, -0.2) is 4.39 Å². The second-order valence-electron chi connectivity index (χ2n) is 5.03. The number of benzene rings is 1. The summed E-state index contributed by atoms with van der Waals surface area (Å²) in [5.74, 6) is -1.19. The molecule has 1 fully saturated rings. The number of amides is 2. The van der Waals surface area contributed by atoms with Gasteiger partial charge in [0.05, 0.1) is 17.7 Å². The Labute approximate surface area is 116 Å². The third-order valence-electron chi connectivity index (χ3n) is 3.73. The lowest BCUT2D eigenvalue weighted by atomic mass is 10.1. The Bertz CT molecular complexity index is 567. The van der Waals surface area contributed by atoms with Crippen molar-refractivity contribution in [1.29, 1.82) is 0 Å². The summed E-state index contributed by atoms with van der Waals surface area (Å²) < 4.78 is 14.2. The van der Waals surface area contributed by atoms with E-state index in [2.05, 4.69) is 5.32 Å². The second kappa shape index (κ2) is 5.17. The van der Waals surface area contributed by atoms with Gasteiger partial charge in [-0.05, 0) is 37.1 Å². The predicted octanol–water partition coefficient (Wildman–Crippen LogP) is 1.89. The van der Waals surface area contributed by atoms with Crippen molar-refractivity contribution in [3.05, 3.63) is 46.8 Å². The number of hydrogen-bond donors (Lipinski definition) is 1. The van der Waals surface area contributed by atoms with Crippen LogP contribution in [0.2, 0.25) is 0 Å². The minimum Gasteiger partial charge on any atom is -0.313 e. The van der Waals surface area contributed by atoms with Crippen LogP contribution in [-0.4, -0.2) is 36.3 Å². The van der Waals surface area contributed by atoms with E-state index >= 15 is 0 Å². The molecular formula is C15H15FN2O2. The number of nitrogens with zero attached hydrogens (tertiary/aromatic N) is 1. The zero-order valence-corrected chi connectivity index (χ0v) is 11.0. The van der Waals surface area contributed by atoms with E-state index in [1.54, 1.807) is 24.3 Å². The Hall–Kier alpha value is -2.01. The van der Waals surface area contributed by atoms with Gasteiger partial charge in [0.25, 0.3) is 11.8 Å². The molecule has 0 radical (unpaired) electrons. The van der Waals surface area contributed by atoms with Crippen molar-refractivity contribution in [2.24, 2.45) is 0 Å². The highest BCUT2D eigenvalue weighted by Gasteiger charge is 2.35. The number of halogens is 1. The van der Waals surface area contributed by atoms with Crippen LogP contribution in [0.1, 0.15) is 33.6 Å². The van der Waals surface area contributed by atoms with Crippen molar-refractivity contribution >= 4 is 11.8 Å². The second-order valence-corrected chi connectivity index (χ2v) is 5.03. The molecule has 0 unspecified atom stereocenters. The Balaban J connectivity index is 1.83. The maximum atomic E-state index is 14.2. The van der Waals surface area contributed by atoms with E-state index < -0.39 is 11.8 Å². The van der Waals surface area contributed by atoms with E-state index in [0.717, 1.165) is 17.9 Å². The smallest absolute Gasteiger partial charge is 0.261 e. The standard InChI is InChI=1S/C15H15FN2O2/c16-13(10-4-3-7-17-8-10)9-18-14(19)11-5-1-2-6-12(11)15(18)20/h1-2,5-6,17H,3-4,7-9H2. The van der Waals surface area contributed by atoms with E-state index in [1.807, 2.05) is 0 Å². The van der Waals surface area contributed by atoms with E-state index in [0.29, 0.717) is 29.7 Å². The molecule has 0 aliphatic carbocycles. The topological polar surface area (TPSA) is 49.4 Å². The first-order valence-corrected chi connectivity index (χ1v) is 6.71. The number of nitrogens with one attached hydrogen (secondary N) is 1. The summed E-state index contributed by atoms with van der Waals surface area (Å²) in [6, 6.07) is 6.60. The van der Waals surface area contributed by atoms with Crippen LogP contribution in [0.4, 0.5) is 4.39 Å². The summed E-state index contributed by atoms with van der Waals surface area (Å²) in [4.78, 5) is 25.2. The van der Waals surface area contributed by atoms with Gasteiger partial charge in [0.15, 0.2) is 0 Å². The molecule has 0 spiro atoms. The largest absolute Gasteiger partial charge is 0.313 e. The molecule has 0 bridgehead atoms. The number of carbonyl (C=O) groups excluding carboxylic acids is 2. The quantitative estimate of drug-likeness (QED) is 0.838. The van der Waals surface area contributed by atoms with Gasteiger partial charge in [-0.3, -0.25) is 14.5 Å². The number of rotatable bonds is 2. The monoisotopic (exact) mass is 274 g/mol. The number of imide groups is 1. The van der Waals surface area contributed by atoms with Crippen LogP contribution in [0, 0.1) is 0 Å². The molecule has 0 saturated carbocycles. The first kappa shape index (κ1) is 13.0. The maximum absolute atomic E-state index is 14.2. The predicted molar refractivity (Wildman–Crippen MR) is 72.0 cm³/mol. The highest BCUT2D eigenvalue weighted by atomic mass is 19.1. The molecule has 1 aromatic carbocycles. The molecule has 2 aliphatic heterocycles. The van der Waals surface area contributed by atoms with E-state index in [1.165, 1.54) is 0 Å². The van der Waals surface area contributed by atoms with Gasteiger partial charge in [0.2, 0.25) is 0 Å². The van der Waals surface area contributed by atoms with Crippen molar-refractivity contribution in [3.8, 4) is 0 Å². The van der Waals surface area contributed by atoms with Crippen molar-refractivity contribution in [3.63, 3.8) is 0 Å². The van der Waals surface area contributed by atoms with Gasteiger partial charge < -0.3 is 5.32 Å². The van der Waals surface area contributed by atoms with Crippen LogP contribution in [-0.2, 0) is 0 Å². The van der Waals surface area contributed by atoms with Crippen LogP contribution in [0.15, 0.2) is 35.7 Å². The molecule has 20 heavy (non-hydrogen) atoms. The van der Waals surface area contributed by atoms with Crippen LogP contribution in [0.3, 0.4) is 0 Å². The fourth-order valence-corrected chi connectivity index (χ4v) is 2.62. The third kappa shape index (κ3) is 2.14. The molecule has 3 rings (SSSR count). The fraction of sp³-hybridized carbons (Fsp3) is 0.333. The molecule has 2 amide bonds. The van der Waals surface area contributed by atoms with Crippen molar-refractivity contribution in [2.45, 2.75) is 12.8 Å². The van der Waals surface area contributed by atoms with Gasteiger partial charge >= 0.3 is 0 Å². The molecule has 0 atom stereocenters. The summed E-state index contributed by atoms with van der Waals surface area (Å²) >= 11 is 0. The molecule has 1 saturated heterocycles. The van der Waals surface area contributed by atoms with E-state index in [-0.39, 0.29) is 12.4 Å². The SMILES string of the molecule is O=C1c2ccccc2C(=O)N1CC(F)=C1CCCNC1. The Morgan fingerprint density at radius 1 is 1.20 bits per heavy atom. The van der Waals surface area contributed by atoms with Crippen LogP contribution >= 0.6 is 0 Å². The van der Waals surface area contributed by atoms with Crippen molar-refractivity contribution < 1.29 is 14.0 Å². The molecule has 4 nitrogen and oxygen atoms in total. The number of hydrogen-bond acceptors (Lipinski definition) is 3. The van der Waals surface area contributed by atoms with Crippen molar-refractivity contribution in [1.82, 2.24) is 10.2 Å². The zero-order valence-electron chi connectivity index (χ0n) is 11.0. The van der Waals surface area contributed by atoms with E-state index in [4.69, 9.17) is 0 Å². The van der Waals surface area contributed by atoms with Crippen LogP contribution < -0.4 is 5.32 Å². The third-order valence-corrected chi connectivity index (χ3v) is 3.73. The Morgan fingerprint density at radius 2 is 1.85 bits per heavy atom. The molecule has 104 valence electrons. The summed E-state index contributed by atoms with van der Waals surface area (Å²) in [6.45, 7) is 1.11. The lowest BCUT2D eigenvalue weighted by molar-refractivity contribution is 0.0659. The van der Waals surface area contributed by atoms with Gasteiger partial charge in [-0.1, -0.05) is 12.1 Å². The minimum absolute atomic E-state index is 0.261. The van der Waals surface area contributed by atoms with Gasteiger partial charge in [0, 0.05) is 6.54 Å². The average Bonchev–Trinajstić information content (AvgIpc) is 2.74. The summed E-state index contributed by atoms with van der Waals surface area (Å²) in [5, 5.41) is 3.09. The fourth-order valence-electron chi connectivity index (χ4n) is 2.62. The molecule has 2 heterocycles. The molecule has 1 aromatic rings. The molecular weight excluding hydrogens is 259 g/mol. The van der Waals surface area contributed by atoms with Crippen LogP contribution in [0.5, 0.6) is 0 Å². The number of carbonyl (C=O) groups is 2.